The quantitative estimate of drug-likeness (QED) is 0.599. The number of rotatable bonds is 6. The highest BCUT2D eigenvalue weighted by atomic mass is 19.4. The molecule has 1 amide bonds. The van der Waals surface area contributed by atoms with E-state index in [2.05, 4.69) is 10.3 Å². The van der Waals surface area contributed by atoms with Crippen molar-refractivity contribution in [3.05, 3.63) is 65.0 Å². The highest BCUT2D eigenvalue weighted by molar-refractivity contribution is 5.94. The van der Waals surface area contributed by atoms with Crippen LogP contribution in [0, 0.1) is 0 Å². The summed E-state index contributed by atoms with van der Waals surface area (Å²) in [5.74, 6) is -1.30. The molecule has 1 aliphatic rings. The van der Waals surface area contributed by atoms with Crippen LogP contribution >= 0.6 is 0 Å². The van der Waals surface area contributed by atoms with Crippen LogP contribution in [0.2, 0.25) is 0 Å². The van der Waals surface area contributed by atoms with Crippen LogP contribution in [0.25, 0.3) is 11.0 Å². The standard InChI is InChI=1S/C22H20F3N3O4/c23-22(24,25)15-4-1-3-13(9-15)20(29)26-11-19-27-17-10-14(21(30)31)6-7-18(17)28(19)12-16-5-2-8-32-16/h1,3-4,6-7,9-10,16H,2,5,8,11-12H2,(H,26,29)(H,30,31). The number of ether oxygens (including phenoxy) is 1. The number of fused-ring (bicyclic) bond motifs is 1. The lowest BCUT2D eigenvalue weighted by molar-refractivity contribution is -0.137. The molecule has 0 bridgehead atoms. The molecule has 1 fully saturated rings. The first-order chi connectivity index (χ1) is 15.2. The predicted octanol–water partition coefficient (Wildman–Crippen LogP) is 3.86. The monoisotopic (exact) mass is 447 g/mol. The zero-order chi connectivity index (χ0) is 22.9. The molecule has 0 spiro atoms. The predicted molar refractivity (Wildman–Crippen MR) is 108 cm³/mol. The van der Waals surface area contributed by atoms with E-state index in [0.29, 0.717) is 30.0 Å². The van der Waals surface area contributed by atoms with Gasteiger partial charge in [0.15, 0.2) is 0 Å². The van der Waals surface area contributed by atoms with Gasteiger partial charge in [0.2, 0.25) is 0 Å². The molecule has 2 heterocycles. The minimum absolute atomic E-state index is 0.0375. The molecule has 0 radical (unpaired) electrons. The Labute approximate surface area is 180 Å². The average Bonchev–Trinajstić information content (AvgIpc) is 3.39. The Balaban J connectivity index is 1.60. The largest absolute Gasteiger partial charge is 0.478 e. The molecular weight excluding hydrogens is 427 g/mol. The molecule has 0 saturated carbocycles. The maximum Gasteiger partial charge on any atom is 0.416 e. The summed E-state index contributed by atoms with van der Waals surface area (Å²) < 4.78 is 46.4. The summed E-state index contributed by atoms with van der Waals surface area (Å²) in [6.45, 7) is 1.08. The van der Waals surface area contributed by atoms with Gasteiger partial charge < -0.3 is 19.7 Å². The van der Waals surface area contributed by atoms with Crippen LogP contribution in [0.1, 0.15) is 44.9 Å². The van der Waals surface area contributed by atoms with E-state index in [1.807, 2.05) is 4.57 Å². The summed E-state index contributed by atoms with van der Waals surface area (Å²) in [5, 5.41) is 11.9. The molecule has 1 aliphatic heterocycles. The number of amides is 1. The van der Waals surface area contributed by atoms with Gasteiger partial charge >= 0.3 is 12.1 Å². The Hall–Kier alpha value is -3.40. The van der Waals surface area contributed by atoms with Gasteiger partial charge in [-0.15, -0.1) is 0 Å². The first kappa shape index (κ1) is 21.8. The van der Waals surface area contributed by atoms with Gasteiger partial charge in [0.05, 0.1) is 41.4 Å². The number of benzene rings is 2. The fourth-order valence-electron chi connectivity index (χ4n) is 3.74. The zero-order valence-corrected chi connectivity index (χ0v) is 16.9. The Morgan fingerprint density at radius 1 is 1.19 bits per heavy atom. The number of hydrogen-bond acceptors (Lipinski definition) is 4. The van der Waals surface area contributed by atoms with Crippen molar-refractivity contribution in [3.63, 3.8) is 0 Å². The minimum Gasteiger partial charge on any atom is -0.478 e. The molecule has 1 unspecified atom stereocenters. The van der Waals surface area contributed by atoms with Gasteiger partial charge in [-0.2, -0.15) is 13.2 Å². The molecule has 2 aromatic carbocycles. The molecule has 0 aliphatic carbocycles. The molecule has 4 rings (SSSR count). The summed E-state index contributed by atoms with van der Waals surface area (Å²) in [6.07, 6.45) is -2.79. The summed E-state index contributed by atoms with van der Waals surface area (Å²) in [6, 6.07) is 8.75. The number of aromatic nitrogens is 2. The summed E-state index contributed by atoms with van der Waals surface area (Å²) in [5.41, 5.74) is 0.200. The molecule has 2 N–H and O–H groups in total. The third-order valence-corrected chi connectivity index (χ3v) is 5.34. The van der Waals surface area contributed by atoms with Crippen molar-refractivity contribution >= 4 is 22.9 Å². The minimum atomic E-state index is -4.55. The maximum atomic E-state index is 12.9. The molecule has 168 valence electrons. The Morgan fingerprint density at radius 3 is 2.69 bits per heavy atom. The highest BCUT2D eigenvalue weighted by Crippen LogP contribution is 2.29. The van der Waals surface area contributed by atoms with Crippen LogP contribution in [0.3, 0.4) is 0 Å². The molecule has 7 nitrogen and oxygen atoms in total. The molecule has 3 aromatic rings. The smallest absolute Gasteiger partial charge is 0.416 e. The van der Waals surface area contributed by atoms with Crippen LogP contribution in [0.4, 0.5) is 13.2 Å². The van der Waals surface area contributed by atoms with E-state index in [0.717, 1.165) is 25.0 Å². The number of carbonyl (C=O) groups excluding carboxylic acids is 1. The van der Waals surface area contributed by atoms with E-state index < -0.39 is 23.6 Å². The molecule has 1 atom stereocenters. The van der Waals surface area contributed by atoms with Gasteiger partial charge in [0.25, 0.3) is 5.91 Å². The maximum absolute atomic E-state index is 12.9. The number of alkyl halides is 3. The SMILES string of the molecule is O=C(O)c1ccc2c(c1)nc(CNC(=O)c1cccc(C(F)(F)F)c1)n2CC1CCCO1. The van der Waals surface area contributed by atoms with Crippen molar-refractivity contribution < 1.29 is 32.6 Å². The van der Waals surface area contributed by atoms with Crippen LogP contribution in [0.5, 0.6) is 0 Å². The van der Waals surface area contributed by atoms with Crippen LogP contribution in [-0.4, -0.2) is 39.2 Å². The second-order valence-corrected chi connectivity index (χ2v) is 7.54. The van der Waals surface area contributed by atoms with Crippen LogP contribution < -0.4 is 5.32 Å². The lowest BCUT2D eigenvalue weighted by Gasteiger charge is -2.15. The molecule has 1 aromatic heterocycles. The van der Waals surface area contributed by atoms with Gasteiger partial charge in [-0.25, -0.2) is 9.78 Å². The number of halogens is 3. The van der Waals surface area contributed by atoms with E-state index >= 15 is 0 Å². The molecular formula is C22H20F3N3O4. The third-order valence-electron chi connectivity index (χ3n) is 5.34. The van der Waals surface area contributed by atoms with Crippen molar-refractivity contribution in [2.24, 2.45) is 0 Å². The van der Waals surface area contributed by atoms with E-state index in [1.54, 1.807) is 6.07 Å². The average molecular weight is 447 g/mol. The van der Waals surface area contributed by atoms with Crippen molar-refractivity contribution in [2.75, 3.05) is 6.61 Å². The number of carbonyl (C=O) groups is 2. The van der Waals surface area contributed by atoms with Crippen molar-refractivity contribution in [1.29, 1.82) is 0 Å². The lowest BCUT2D eigenvalue weighted by atomic mass is 10.1. The number of imidazole rings is 1. The zero-order valence-electron chi connectivity index (χ0n) is 16.9. The van der Waals surface area contributed by atoms with Gasteiger partial charge in [-0.05, 0) is 49.2 Å². The Morgan fingerprint density at radius 2 is 2.00 bits per heavy atom. The van der Waals surface area contributed by atoms with Crippen LogP contribution in [-0.2, 0) is 24.0 Å². The number of carboxylic acids is 1. The number of nitrogens with zero attached hydrogens (tertiary/aromatic N) is 2. The fourth-order valence-corrected chi connectivity index (χ4v) is 3.74. The van der Waals surface area contributed by atoms with Crippen LogP contribution in [0.15, 0.2) is 42.5 Å². The summed E-state index contributed by atoms with van der Waals surface area (Å²) in [4.78, 5) is 28.3. The topological polar surface area (TPSA) is 93.5 Å². The number of carboxylic acid groups (broad SMARTS) is 1. The van der Waals surface area contributed by atoms with E-state index in [1.165, 1.54) is 24.3 Å². The van der Waals surface area contributed by atoms with Gasteiger partial charge in [0.1, 0.15) is 5.82 Å². The van der Waals surface area contributed by atoms with E-state index in [9.17, 15) is 27.9 Å². The molecule has 10 heteroatoms. The first-order valence-electron chi connectivity index (χ1n) is 10.0. The number of hydrogen-bond donors (Lipinski definition) is 2. The number of nitrogens with one attached hydrogen (secondary N) is 1. The highest BCUT2D eigenvalue weighted by Gasteiger charge is 2.31. The van der Waals surface area contributed by atoms with E-state index in [-0.39, 0.29) is 23.8 Å². The van der Waals surface area contributed by atoms with Gasteiger partial charge in [-0.3, -0.25) is 4.79 Å². The summed E-state index contributed by atoms with van der Waals surface area (Å²) in [7, 11) is 0. The summed E-state index contributed by atoms with van der Waals surface area (Å²) >= 11 is 0. The van der Waals surface area contributed by atoms with Crippen molar-refractivity contribution in [2.45, 2.75) is 38.2 Å². The van der Waals surface area contributed by atoms with Crippen molar-refractivity contribution in [3.8, 4) is 0 Å². The number of aromatic carboxylic acids is 1. The molecule has 32 heavy (non-hydrogen) atoms. The second kappa shape index (κ2) is 8.62. The molecule has 1 saturated heterocycles. The van der Waals surface area contributed by atoms with Crippen molar-refractivity contribution in [1.82, 2.24) is 14.9 Å². The normalized spacial score (nSPS) is 16.4. The van der Waals surface area contributed by atoms with Gasteiger partial charge in [0, 0.05) is 12.2 Å². The lowest BCUT2D eigenvalue weighted by Crippen LogP contribution is -2.26. The second-order valence-electron chi connectivity index (χ2n) is 7.54. The van der Waals surface area contributed by atoms with E-state index in [4.69, 9.17) is 4.74 Å². The first-order valence-corrected chi connectivity index (χ1v) is 10.0. The Bertz CT molecular complexity index is 1170. The third kappa shape index (κ3) is 4.59. The Kier molecular flexibility index (Phi) is 5.88. The van der Waals surface area contributed by atoms with Gasteiger partial charge in [-0.1, -0.05) is 6.07 Å². The fraction of sp³-hybridized carbons (Fsp3) is 0.318.